The van der Waals surface area contributed by atoms with Crippen LogP contribution in [0.15, 0.2) is 41.5 Å². The van der Waals surface area contributed by atoms with Gasteiger partial charge in [0, 0.05) is 0 Å². The summed E-state index contributed by atoms with van der Waals surface area (Å²) in [6, 6.07) is 8.11. The van der Waals surface area contributed by atoms with Crippen LogP contribution in [-0.2, 0) is 0 Å². The van der Waals surface area contributed by atoms with Crippen LogP contribution in [0.4, 0.5) is 0 Å². The Balaban J connectivity index is 2.21. The lowest BCUT2D eigenvalue weighted by Gasteiger charge is -2.32. The Hall–Kier alpha value is -1.38. The van der Waals surface area contributed by atoms with Gasteiger partial charge in [0.25, 0.3) is 0 Å². The third kappa shape index (κ3) is 4.08. The SMILES string of the molecule is CC1=C(C=Cc2cccc([C@H](O)CCN)c2)C(C)(C)CCC1. The van der Waals surface area contributed by atoms with E-state index >= 15 is 0 Å². The molecule has 1 aromatic carbocycles. The summed E-state index contributed by atoms with van der Waals surface area (Å²) in [5, 5.41) is 10.1. The highest BCUT2D eigenvalue weighted by Gasteiger charge is 2.26. The molecule has 2 rings (SSSR count). The van der Waals surface area contributed by atoms with E-state index in [9.17, 15) is 5.11 Å². The Morgan fingerprint density at radius 3 is 2.77 bits per heavy atom. The molecule has 22 heavy (non-hydrogen) atoms. The van der Waals surface area contributed by atoms with Crippen LogP contribution in [0.1, 0.15) is 63.7 Å². The minimum Gasteiger partial charge on any atom is -0.388 e. The second-order valence-electron chi connectivity index (χ2n) is 7.03. The third-order valence-electron chi connectivity index (χ3n) is 4.72. The monoisotopic (exact) mass is 299 g/mol. The topological polar surface area (TPSA) is 46.2 Å². The van der Waals surface area contributed by atoms with Crippen LogP contribution in [0.2, 0.25) is 0 Å². The summed E-state index contributed by atoms with van der Waals surface area (Å²) in [5.41, 5.74) is 10.8. The van der Waals surface area contributed by atoms with Crippen molar-refractivity contribution in [3.8, 4) is 0 Å². The molecule has 0 aromatic heterocycles. The zero-order valence-corrected chi connectivity index (χ0v) is 14.1. The van der Waals surface area contributed by atoms with Gasteiger partial charge in [0.15, 0.2) is 0 Å². The molecular weight excluding hydrogens is 270 g/mol. The zero-order chi connectivity index (χ0) is 16.2. The molecule has 0 fully saturated rings. The fraction of sp³-hybridized carbons (Fsp3) is 0.500. The van der Waals surface area contributed by atoms with Crippen molar-refractivity contribution in [3.63, 3.8) is 0 Å². The lowest BCUT2D eigenvalue weighted by atomic mass is 9.72. The molecule has 0 amide bonds. The minimum atomic E-state index is -0.467. The smallest absolute Gasteiger partial charge is 0.0802 e. The number of allylic oxidation sites excluding steroid dienone is 3. The van der Waals surface area contributed by atoms with Crippen LogP contribution in [0.25, 0.3) is 6.08 Å². The van der Waals surface area contributed by atoms with Crippen molar-refractivity contribution in [2.75, 3.05) is 6.54 Å². The second-order valence-corrected chi connectivity index (χ2v) is 7.03. The maximum atomic E-state index is 10.1. The molecule has 1 aliphatic carbocycles. The minimum absolute atomic E-state index is 0.259. The number of benzene rings is 1. The number of hydrogen-bond acceptors (Lipinski definition) is 2. The molecule has 1 aliphatic rings. The first-order valence-electron chi connectivity index (χ1n) is 8.30. The van der Waals surface area contributed by atoms with Crippen molar-refractivity contribution in [2.45, 2.75) is 52.6 Å². The van der Waals surface area contributed by atoms with Crippen LogP contribution >= 0.6 is 0 Å². The van der Waals surface area contributed by atoms with E-state index in [-0.39, 0.29) is 5.41 Å². The normalized spacial score (nSPS) is 19.7. The molecule has 0 radical (unpaired) electrons. The maximum Gasteiger partial charge on any atom is 0.0802 e. The fourth-order valence-corrected chi connectivity index (χ4v) is 3.38. The van der Waals surface area contributed by atoms with Gasteiger partial charge in [-0.05, 0) is 67.3 Å². The highest BCUT2D eigenvalue weighted by molar-refractivity contribution is 5.55. The predicted octanol–water partition coefficient (Wildman–Crippen LogP) is 4.61. The van der Waals surface area contributed by atoms with Crippen molar-refractivity contribution in [1.82, 2.24) is 0 Å². The van der Waals surface area contributed by atoms with Crippen molar-refractivity contribution in [1.29, 1.82) is 0 Å². The van der Waals surface area contributed by atoms with E-state index in [0.29, 0.717) is 13.0 Å². The van der Waals surface area contributed by atoms with Crippen LogP contribution in [0, 0.1) is 5.41 Å². The molecule has 2 nitrogen and oxygen atoms in total. The van der Waals surface area contributed by atoms with Crippen molar-refractivity contribution in [3.05, 3.63) is 52.6 Å². The molecule has 0 bridgehead atoms. The molecule has 1 atom stereocenters. The second kappa shape index (κ2) is 7.26. The van der Waals surface area contributed by atoms with E-state index in [0.717, 1.165) is 11.1 Å². The van der Waals surface area contributed by atoms with Crippen molar-refractivity contribution >= 4 is 6.08 Å². The molecule has 3 N–H and O–H groups in total. The molecule has 1 aromatic rings. The van der Waals surface area contributed by atoms with Crippen LogP contribution in [-0.4, -0.2) is 11.7 Å². The summed E-state index contributed by atoms with van der Waals surface area (Å²) in [4.78, 5) is 0. The molecule has 0 spiro atoms. The first kappa shape index (κ1) is 17.0. The van der Waals surface area contributed by atoms with Gasteiger partial charge in [0.2, 0.25) is 0 Å². The number of hydrogen-bond donors (Lipinski definition) is 2. The first-order valence-corrected chi connectivity index (χ1v) is 8.30. The standard InChI is InChI=1S/C20H29NO/c1-15-6-5-12-20(2,3)18(15)10-9-16-7-4-8-17(14-16)19(22)11-13-21/h4,7-10,14,19,22H,5-6,11-13,21H2,1-3H3/t19-/m1/s1. The summed E-state index contributed by atoms with van der Waals surface area (Å²) < 4.78 is 0. The first-order chi connectivity index (χ1) is 10.4. The quantitative estimate of drug-likeness (QED) is 0.834. The average molecular weight is 299 g/mol. The van der Waals surface area contributed by atoms with Gasteiger partial charge in [0.05, 0.1) is 6.10 Å². The van der Waals surface area contributed by atoms with Crippen LogP contribution in [0.5, 0.6) is 0 Å². The molecular formula is C20H29NO. The zero-order valence-electron chi connectivity index (χ0n) is 14.1. The third-order valence-corrected chi connectivity index (χ3v) is 4.72. The summed E-state index contributed by atoms with van der Waals surface area (Å²) in [6.45, 7) is 7.41. The number of rotatable bonds is 5. The van der Waals surface area contributed by atoms with E-state index in [4.69, 9.17) is 5.73 Å². The fourth-order valence-electron chi connectivity index (χ4n) is 3.38. The van der Waals surface area contributed by atoms with Gasteiger partial charge in [-0.1, -0.05) is 49.8 Å². The largest absolute Gasteiger partial charge is 0.388 e. The highest BCUT2D eigenvalue weighted by atomic mass is 16.3. The lowest BCUT2D eigenvalue weighted by molar-refractivity contribution is 0.170. The molecule has 0 aliphatic heterocycles. The Morgan fingerprint density at radius 1 is 1.32 bits per heavy atom. The van der Waals surface area contributed by atoms with Gasteiger partial charge in [0.1, 0.15) is 0 Å². The van der Waals surface area contributed by atoms with Gasteiger partial charge in [-0.25, -0.2) is 0 Å². The number of aliphatic hydroxyl groups is 1. The molecule has 0 saturated heterocycles. The van der Waals surface area contributed by atoms with Gasteiger partial charge in [-0.2, -0.15) is 0 Å². The van der Waals surface area contributed by atoms with E-state index in [2.05, 4.69) is 45.1 Å². The number of nitrogens with two attached hydrogens (primary N) is 1. The Kier molecular flexibility index (Phi) is 5.60. The van der Waals surface area contributed by atoms with E-state index < -0.39 is 6.10 Å². The van der Waals surface area contributed by atoms with Crippen LogP contribution < -0.4 is 5.73 Å². The van der Waals surface area contributed by atoms with Gasteiger partial charge >= 0.3 is 0 Å². The number of aliphatic hydroxyl groups excluding tert-OH is 1. The van der Waals surface area contributed by atoms with Crippen molar-refractivity contribution < 1.29 is 5.11 Å². The average Bonchev–Trinajstić information content (AvgIpc) is 2.46. The Morgan fingerprint density at radius 2 is 2.09 bits per heavy atom. The summed E-state index contributed by atoms with van der Waals surface area (Å²) >= 11 is 0. The molecule has 0 saturated carbocycles. The summed E-state index contributed by atoms with van der Waals surface area (Å²) in [6.07, 6.45) is 8.32. The predicted molar refractivity (Wildman–Crippen MR) is 94.4 cm³/mol. The van der Waals surface area contributed by atoms with Crippen molar-refractivity contribution in [2.24, 2.45) is 11.1 Å². The molecule has 0 unspecified atom stereocenters. The van der Waals surface area contributed by atoms with E-state index in [1.54, 1.807) is 0 Å². The van der Waals surface area contributed by atoms with Gasteiger partial charge < -0.3 is 10.8 Å². The Bertz CT molecular complexity index is 569. The summed E-state index contributed by atoms with van der Waals surface area (Å²) in [7, 11) is 0. The molecule has 120 valence electrons. The lowest BCUT2D eigenvalue weighted by Crippen LogP contribution is -2.18. The van der Waals surface area contributed by atoms with Crippen LogP contribution in [0.3, 0.4) is 0 Å². The van der Waals surface area contributed by atoms with E-state index in [1.165, 1.54) is 30.4 Å². The maximum absolute atomic E-state index is 10.1. The van der Waals surface area contributed by atoms with Gasteiger partial charge in [-0.15, -0.1) is 0 Å². The summed E-state index contributed by atoms with van der Waals surface area (Å²) in [5.74, 6) is 0. The van der Waals surface area contributed by atoms with E-state index in [1.807, 2.05) is 12.1 Å². The Labute approximate surface area is 134 Å². The molecule has 0 heterocycles. The van der Waals surface area contributed by atoms with Gasteiger partial charge in [-0.3, -0.25) is 0 Å². The molecule has 2 heteroatoms. The highest BCUT2D eigenvalue weighted by Crippen LogP contribution is 2.40.